The molecule has 0 aromatic heterocycles. The molecule has 2 aliphatic carbocycles. The molecule has 0 spiro atoms. The van der Waals surface area contributed by atoms with Crippen molar-refractivity contribution >= 4 is 5.91 Å². The van der Waals surface area contributed by atoms with Crippen LogP contribution in [0.3, 0.4) is 0 Å². The van der Waals surface area contributed by atoms with Gasteiger partial charge < -0.3 is 5.32 Å². The van der Waals surface area contributed by atoms with Gasteiger partial charge in [-0.3, -0.25) is 4.79 Å². The molecule has 0 aromatic carbocycles. The Labute approximate surface area is 98.5 Å². The number of carbonyl (C=O) groups is 1. The monoisotopic (exact) mass is 221 g/mol. The number of hydrogen-bond acceptors (Lipinski definition) is 1. The highest BCUT2D eigenvalue weighted by Gasteiger charge is 2.45. The molecule has 90 valence electrons. The minimum Gasteiger partial charge on any atom is -0.356 e. The van der Waals surface area contributed by atoms with E-state index in [9.17, 15) is 4.79 Å². The number of carbonyl (C=O) groups excluding carboxylic acids is 1. The van der Waals surface area contributed by atoms with Gasteiger partial charge in [0.05, 0.1) is 0 Å². The summed E-state index contributed by atoms with van der Waals surface area (Å²) in [6.07, 6.45) is 10.1. The Balaban J connectivity index is 1.81. The third-order valence-electron chi connectivity index (χ3n) is 4.21. The van der Waals surface area contributed by atoms with E-state index in [1.807, 2.05) is 0 Å². The quantitative estimate of drug-likeness (QED) is 0.561. The number of fused-ring (bicyclic) bond motifs is 2. The average molecular weight is 221 g/mol. The maximum Gasteiger partial charge on any atom is 0.220 e. The largest absolute Gasteiger partial charge is 0.356 e. The first-order valence-electron chi connectivity index (χ1n) is 6.59. The van der Waals surface area contributed by atoms with Crippen LogP contribution in [-0.2, 0) is 4.79 Å². The minimum absolute atomic E-state index is 0.232. The molecule has 1 N–H and O–H groups in total. The van der Waals surface area contributed by atoms with E-state index in [2.05, 4.69) is 31.3 Å². The molecule has 0 radical (unpaired) electrons. The van der Waals surface area contributed by atoms with Gasteiger partial charge in [0.2, 0.25) is 5.91 Å². The third kappa shape index (κ3) is 2.31. The number of amides is 1. The molecule has 2 bridgehead atoms. The van der Waals surface area contributed by atoms with E-state index < -0.39 is 0 Å². The second kappa shape index (κ2) is 4.60. The normalized spacial score (nSPS) is 35.6. The molecule has 0 aliphatic heterocycles. The van der Waals surface area contributed by atoms with Crippen molar-refractivity contribution in [1.29, 1.82) is 0 Å². The zero-order valence-electron chi connectivity index (χ0n) is 10.5. The summed E-state index contributed by atoms with van der Waals surface area (Å²) in [4.78, 5) is 11.8. The highest BCUT2D eigenvalue weighted by molar-refractivity contribution is 5.76. The van der Waals surface area contributed by atoms with Crippen LogP contribution in [-0.4, -0.2) is 12.5 Å². The summed E-state index contributed by atoms with van der Waals surface area (Å²) >= 11 is 0. The van der Waals surface area contributed by atoms with Crippen LogP contribution in [0.1, 0.15) is 46.0 Å². The van der Waals surface area contributed by atoms with Crippen molar-refractivity contribution in [2.45, 2.75) is 46.0 Å². The van der Waals surface area contributed by atoms with Crippen molar-refractivity contribution in [3.05, 3.63) is 12.2 Å². The molecule has 1 fully saturated rings. The Hall–Kier alpha value is -0.790. The van der Waals surface area contributed by atoms with Crippen molar-refractivity contribution in [3.8, 4) is 0 Å². The molecule has 16 heavy (non-hydrogen) atoms. The molecule has 1 saturated carbocycles. The van der Waals surface area contributed by atoms with Crippen molar-refractivity contribution < 1.29 is 4.79 Å². The lowest BCUT2D eigenvalue weighted by molar-refractivity contribution is -0.123. The standard InChI is InChI=1S/C14H23NO/c1-3-4-7-15-13(16)10-14(2)9-11-5-6-12(14)8-11/h5-6,11-12H,3-4,7-10H2,1-2H3,(H,15,16). The van der Waals surface area contributed by atoms with Gasteiger partial charge >= 0.3 is 0 Å². The van der Waals surface area contributed by atoms with Gasteiger partial charge in [0.15, 0.2) is 0 Å². The molecule has 2 heteroatoms. The van der Waals surface area contributed by atoms with Gasteiger partial charge in [-0.2, -0.15) is 0 Å². The lowest BCUT2D eigenvalue weighted by Crippen LogP contribution is -2.33. The smallest absolute Gasteiger partial charge is 0.220 e. The summed E-state index contributed by atoms with van der Waals surface area (Å²) in [6, 6.07) is 0. The fourth-order valence-corrected chi connectivity index (χ4v) is 3.23. The topological polar surface area (TPSA) is 29.1 Å². The molecule has 2 nitrogen and oxygen atoms in total. The lowest BCUT2D eigenvalue weighted by atomic mass is 9.75. The predicted octanol–water partition coefficient (Wildman–Crippen LogP) is 2.90. The van der Waals surface area contributed by atoms with E-state index in [-0.39, 0.29) is 11.3 Å². The second-order valence-electron chi connectivity index (χ2n) is 5.73. The van der Waals surface area contributed by atoms with Crippen molar-refractivity contribution in [2.24, 2.45) is 17.3 Å². The summed E-state index contributed by atoms with van der Waals surface area (Å²) in [5, 5.41) is 3.03. The van der Waals surface area contributed by atoms with Crippen LogP contribution in [0.2, 0.25) is 0 Å². The summed E-state index contributed by atoms with van der Waals surface area (Å²) in [5.74, 6) is 1.64. The highest BCUT2D eigenvalue weighted by Crippen LogP contribution is 2.53. The van der Waals surface area contributed by atoms with Crippen LogP contribution in [0.15, 0.2) is 12.2 Å². The SMILES string of the molecule is CCCCNC(=O)CC1(C)CC2C=CC1C2. The Morgan fingerprint density at radius 3 is 2.88 bits per heavy atom. The molecule has 2 aliphatic rings. The zero-order valence-corrected chi connectivity index (χ0v) is 10.5. The van der Waals surface area contributed by atoms with Gasteiger partial charge in [-0.1, -0.05) is 32.4 Å². The molecule has 1 amide bonds. The van der Waals surface area contributed by atoms with Crippen LogP contribution in [0.4, 0.5) is 0 Å². The first-order chi connectivity index (χ1) is 7.64. The molecular formula is C14H23NO. The van der Waals surface area contributed by atoms with Gasteiger partial charge in [0.1, 0.15) is 0 Å². The summed E-state index contributed by atoms with van der Waals surface area (Å²) in [6.45, 7) is 5.27. The second-order valence-corrected chi connectivity index (χ2v) is 5.73. The van der Waals surface area contributed by atoms with Crippen molar-refractivity contribution in [2.75, 3.05) is 6.54 Å². The van der Waals surface area contributed by atoms with E-state index in [4.69, 9.17) is 0 Å². The van der Waals surface area contributed by atoms with E-state index in [1.165, 1.54) is 12.8 Å². The van der Waals surface area contributed by atoms with Crippen LogP contribution >= 0.6 is 0 Å². The highest BCUT2D eigenvalue weighted by atomic mass is 16.1. The van der Waals surface area contributed by atoms with E-state index in [0.29, 0.717) is 12.3 Å². The average Bonchev–Trinajstić information content (AvgIpc) is 2.77. The summed E-state index contributed by atoms with van der Waals surface area (Å²) in [5.41, 5.74) is 0.232. The molecule has 0 saturated heterocycles. The summed E-state index contributed by atoms with van der Waals surface area (Å²) in [7, 11) is 0. The minimum atomic E-state index is 0.232. The number of rotatable bonds is 5. The fourth-order valence-electron chi connectivity index (χ4n) is 3.23. The van der Waals surface area contributed by atoms with Gasteiger partial charge in [0.25, 0.3) is 0 Å². The van der Waals surface area contributed by atoms with Crippen molar-refractivity contribution in [3.63, 3.8) is 0 Å². The van der Waals surface area contributed by atoms with Gasteiger partial charge in [0, 0.05) is 13.0 Å². The molecule has 0 heterocycles. The van der Waals surface area contributed by atoms with Crippen LogP contribution < -0.4 is 5.32 Å². The Kier molecular flexibility index (Phi) is 3.36. The Bertz CT molecular complexity index is 297. The maximum absolute atomic E-state index is 11.8. The van der Waals surface area contributed by atoms with Crippen LogP contribution in [0.5, 0.6) is 0 Å². The molecule has 0 aromatic rings. The first-order valence-corrected chi connectivity index (χ1v) is 6.59. The number of hydrogen-bond donors (Lipinski definition) is 1. The summed E-state index contributed by atoms with van der Waals surface area (Å²) < 4.78 is 0. The van der Waals surface area contributed by atoms with E-state index in [1.54, 1.807) is 0 Å². The number of nitrogens with one attached hydrogen (secondary N) is 1. The van der Waals surface area contributed by atoms with Gasteiger partial charge in [-0.25, -0.2) is 0 Å². The maximum atomic E-state index is 11.8. The van der Waals surface area contributed by atoms with E-state index >= 15 is 0 Å². The van der Waals surface area contributed by atoms with Gasteiger partial charge in [-0.05, 0) is 36.5 Å². The Morgan fingerprint density at radius 1 is 1.50 bits per heavy atom. The molecule has 2 rings (SSSR count). The number of unbranched alkanes of at least 4 members (excludes halogenated alkanes) is 1. The molecular weight excluding hydrogens is 198 g/mol. The van der Waals surface area contributed by atoms with Crippen LogP contribution in [0, 0.1) is 17.3 Å². The van der Waals surface area contributed by atoms with Crippen LogP contribution in [0.25, 0.3) is 0 Å². The zero-order chi connectivity index (χ0) is 11.6. The lowest BCUT2D eigenvalue weighted by Gasteiger charge is -2.30. The molecule has 3 unspecified atom stereocenters. The molecule has 3 atom stereocenters. The fraction of sp³-hybridized carbons (Fsp3) is 0.786. The number of allylic oxidation sites excluding steroid dienone is 2. The first kappa shape index (κ1) is 11.7. The van der Waals surface area contributed by atoms with Crippen molar-refractivity contribution in [1.82, 2.24) is 5.32 Å². The predicted molar refractivity (Wildman–Crippen MR) is 66.0 cm³/mol. The van der Waals surface area contributed by atoms with E-state index in [0.717, 1.165) is 25.3 Å². The Morgan fingerprint density at radius 2 is 2.31 bits per heavy atom. The van der Waals surface area contributed by atoms with Gasteiger partial charge in [-0.15, -0.1) is 0 Å². The third-order valence-corrected chi connectivity index (χ3v) is 4.21.